The SMILES string of the molecule is CC(C)(C)c1ccc(C(c2ccccc2)(c2ccc(OCCOCCOc3ccc(C[n+]4ccc(-c5cc[n+](Cc6cc(CO)cc(C[n+]7ccc(-c8cc[n+](Cc9ccc(OCCOCCOc%10ccc(C(c%11ccccc%11)(c%11ccc(C(C)(C)C)cc%11)c%11ccc(C(C)(C)C)cc%11)cc%10)cc9)cc8)cc7)c6)cc5)cc4)cc3)cc2)c2ccc(C(C)(C)C)cc2)cc1. The van der Waals surface area contributed by atoms with Gasteiger partial charge < -0.3 is 33.5 Å². The van der Waals surface area contributed by atoms with Gasteiger partial charge in [0, 0.05) is 70.8 Å². The van der Waals surface area contributed by atoms with E-state index in [1.807, 2.05) is 24.3 Å². The molecule has 11 heteroatoms. The molecule has 0 atom stereocenters. The second-order valence-electron chi connectivity index (χ2n) is 37.8. The fourth-order valence-electron chi connectivity index (χ4n) is 17.3. The van der Waals surface area contributed by atoms with Crippen molar-refractivity contribution in [2.75, 3.05) is 52.9 Å². The number of aliphatic hydroxyl groups is 1. The molecule has 0 saturated heterocycles. The molecule has 0 unspecified atom stereocenters. The Morgan fingerprint density at radius 2 is 0.398 bits per heavy atom. The zero-order valence-corrected chi connectivity index (χ0v) is 76.6. The summed E-state index contributed by atoms with van der Waals surface area (Å²) in [5.74, 6) is 3.20. The highest BCUT2D eigenvalue weighted by atomic mass is 16.6. The van der Waals surface area contributed by atoms with Crippen molar-refractivity contribution >= 4 is 0 Å². The van der Waals surface area contributed by atoms with E-state index in [-0.39, 0.29) is 28.3 Å². The molecule has 0 bridgehead atoms. The maximum atomic E-state index is 10.4. The normalized spacial score (nSPS) is 12.1. The van der Waals surface area contributed by atoms with Crippen LogP contribution < -0.4 is 37.2 Å². The van der Waals surface area contributed by atoms with Gasteiger partial charge in [-0.15, -0.1) is 0 Å². The summed E-state index contributed by atoms with van der Waals surface area (Å²) in [5, 5.41) is 10.4. The highest BCUT2D eigenvalue weighted by Gasteiger charge is 2.41. The zero-order valence-electron chi connectivity index (χ0n) is 76.6. The van der Waals surface area contributed by atoms with Gasteiger partial charge in [-0.2, -0.15) is 0 Å². The Bertz CT molecular complexity index is 5540. The van der Waals surface area contributed by atoms with Crippen molar-refractivity contribution in [3.8, 4) is 45.3 Å². The molecule has 0 spiro atoms. The first-order chi connectivity index (χ1) is 61.8. The van der Waals surface area contributed by atoms with E-state index in [1.54, 1.807) is 0 Å². The van der Waals surface area contributed by atoms with E-state index in [9.17, 15) is 5.11 Å². The van der Waals surface area contributed by atoms with E-state index in [0.717, 1.165) is 75.0 Å². The van der Waals surface area contributed by atoms with Crippen molar-refractivity contribution in [3.63, 3.8) is 0 Å². The van der Waals surface area contributed by atoms with Crippen molar-refractivity contribution in [2.45, 2.75) is 148 Å². The molecule has 0 saturated carbocycles. The minimum Gasteiger partial charge on any atom is -0.491 e. The molecule has 11 nitrogen and oxygen atoms in total. The number of ether oxygens (including phenoxy) is 6. The number of rotatable bonds is 35. The molecule has 4 aromatic heterocycles. The number of hydrogen-bond acceptors (Lipinski definition) is 7. The van der Waals surface area contributed by atoms with Gasteiger partial charge in [0.1, 0.15) is 49.4 Å². The second-order valence-corrected chi connectivity index (χ2v) is 37.8. The quantitative estimate of drug-likeness (QED) is 0.0240. The van der Waals surface area contributed by atoms with Gasteiger partial charge in [0.05, 0.1) is 43.9 Å². The maximum absolute atomic E-state index is 10.4. The van der Waals surface area contributed by atoms with Crippen LogP contribution in [0.25, 0.3) is 22.3 Å². The molecule has 0 aliphatic rings. The van der Waals surface area contributed by atoms with E-state index in [1.165, 1.54) is 77.9 Å². The zero-order chi connectivity index (χ0) is 89.3. The van der Waals surface area contributed by atoms with Crippen molar-refractivity contribution < 1.29 is 51.8 Å². The van der Waals surface area contributed by atoms with E-state index in [4.69, 9.17) is 28.4 Å². The highest BCUT2D eigenvalue weighted by Crippen LogP contribution is 2.49. The van der Waals surface area contributed by atoms with Crippen LogP contribution in [0, 0.1) is 0 Å². The molecular weight excluding hydrogens is 1570 g/mol. The lowest BCUT2D eigenvalue weighted by atomic mass is 9.64. The Kier molecular flexibility index (Phi) is 28.4. The third-order valence-electron chi connectivity index (χ3n) is 24.5. The summed E-state index contributed by atoms with van der Waals surface area (Å²) in [4.78, 5) is 0. The van der Waals surface area contributed by atoms with Gasteiger partial charge in [-0.25, -0.2) is 18.3 Å². The predicted molar refractivity (Wildman–Crippen MR) is 514 cm³/mol. The first-order valence-corrected chi connectivity index (χ1v) is 45.1. The van der Waals surface area contributed by atoms with Gasteiger partial charge in [-0.1, -0.05) is 265 Å². The number of pyridine rings is 4. The van der Waals surface area contributed by atoms with Gasteiger partial charge in [-0.3, -0.25) is 0 Å². The standard InChI is InChI=1S/C117H124N4O7/c1-112(2,3)96-27-35-102(36-28-96)116(100-19-15-13-16-20-100,103-37-29-97(30-38-103)113(4,5)6)106-43-51-110(52-44-106)127-77-73-123-71-75-125-108-47-23-87(24-48-108)82-118-63-55-92(56-64-118)94-59-67-120(68-60-94)84-89-79-90(81-91(80-89)86-122)85-121-69-61-95(62-70-121)93-57-65-119(66-58-93)83-88-25-49-109(50-26-88)126-76-72-124-74-78-128-111-53-45-107(46-54-111)117(101-21-17-14-18-22-101,104-39-31-98(32-40-104)114(7,8)9)105-41-33-99(34-42-105)115(10,11)12/h13-70,79-81,122H,71-78,82-86H2,1-12H3/q+4. The molecule has 128 heavy (non-hydrogen) atoms. The van der Waals surface area contributed by atoms with Crippen LogP contribution in [0.2, 0.25) is 0 Å². The maximum Gasteiger partial charge on any atom is 0.173 e. The monoisotopic (exact) mass is 1700 g/mol. The first kappa shape index (κ1) is 89.9. The van der Waals surface area contributed by atoms with Crippen LogP contribution in [-0.4, -0.2) is 58.0 Å². The van der Waals surface area contributed by atoms with Crippen molar-refractivity contribution in [1.82, 2.24) is 0 Å². The van der Waals surface area contributed by atoms with Gasteiger partial charge in [0.15, 0.2) is 75.8 Å². The topological polar surface area (TPSA) is 91.1 Å². The summed E-state index contributed by atoms with van der Waals surface area (Å²) < 4.78 is 45.4. The first-order valence-electron chi connectivity index (χ1n) is 45.1. The van der Waals surface area contributed by atoms with Gasteiger partial charge in [-0.05, 0) is 207 Å². The van der Waals surface area contributed by atoms with Gasteiger partial charge >= 0.3 is 0 Å². The third kappa shape index (κ3) is 22.2. The lowest BCUT2D eigenvalue weighted by Crippen LogP contribution is -2.34. The number of aliphatic hydroxyl groups excluding tert-OH is 1. The molecule has 4 heterocycles. The molecule has 0 aliphatic heterocycles. The molecule has 15 rings (SSSR count). The summed E-state index contributed by atoms with van der Waals surface area (Å²) in [6.45, 7) is 33.5. The molecule has 11 aromatic carbocycles. The molecule has 0 fully saturated rings. The summed E-state index contributed by atoms with van der Waals surface area (Å²) >= 11 is 0. The summed E-state index contributed by atoms with van der Waals surface area (Å²) in [6, 6.07) is 116. The lowest BCUT2D eigenvalue weighted by Gasteiger charge is -2.37. The lowest BCUT2D eigenvalue weighted by molar-refractivity contribution is -0.689. The third-order valence-corrected chi connectivity index (χ3v) is 24.5. The highest BCUT2D eigenvalue weighted by molar-refractivity contribution is 5.65. The van der Waals surface area contributed by atoms with E-state index in [2.05, 4.69) is 448 Å². The number of benzene rings is 11. The van der Waals surface area contributed by atoms with Crippen LogP contribution in [0.4, 0.5) is 0 Å². The fourth-order valence-corrected chi connectivity index (χ4v) is 17.3. The number of aromatic nitrogens is 4. The minimum absolute atomic E-state index is 0.0285. The van der Waals surface area contributed by atoms with Crippen molar-refractivity contribution in [1.29, 1.82) is 0 Å². The van der Waals surface area contributed by atoms with E-state index < -0.39 is 10.8 Å². The van der Waals surface area contributed by atoms with E-state index >= 15 is 0 Å². The Hall–Kier alpha value is -12.9. The largest absolute Gasteiger partial charge is 0.491 e. The molecule has 0 aliphatic carbocycles. The van der Waals surface area contributed by atoms with Crippen LogP contribution in [0.5, 0.6) is 23.0 Å². The van der Waals surface area contributed by atoms with Crippen LogP contribution in [0.1, 0.15) is 178 Å². The van der Waals surface area contributed by atoms with Crippen LogP contribution in [-0.2, 0) is 74.7 Å². The van der Waals surface area contributed by atoms with Crippen molar-refractivity contribution in [2.24, 2.45) is 0 Å². The Morgan fingerprint density at radius 1 is 0.203 bits per heavy atom. The van der Waals surface area contributed by atoms with Crippen LogP contribution >= 0.6 is 0 Å². The minimum atomic E-state index is -0.567. The molecule has 650 valence electrons. The van der Waals surface area contributed by atoms with E-state index in [0.29, 0.717) is 65.9 Å². The molecule has 0 radical (unpaired) electrons. The summed E-state index contributed by atoms with van der Waals surface area (Å²) in [7, 11) is 0. The molecule has 0 amide bonds. The van der Waals surface area contributed by atoms with Crippen molar-refractivity contribution in [3.05, 3.63) is 466 Å². The van der Waals surface area contributed by atoms with Gasteiger partial charge in [0.25, 0.3) is 0 Å². The van der Waals surface area contributed by atoms with Gasteiger partial charge in [0.2, 0.25) is 0 Å². The Morgan fingerprint density at radius 3 is 0.625 bits per heavy atom. The predicted octanol–water partition coefficient (Wildman–Crippen LogP) is 22.8. The average molecular weight is 1700 g/mol. The summed E-state index contributed by atoms with van der Waals surface area (Å²) in [5.41, 5.74) is 23.9. The Labute approximate surface area is 759 Å². The number of hydrogen-bond donors (Lipinski definition) is 1. The van der Waals surface area contributed by atoms with Crippen LogP contribution in [0.3, 0.4) is 0 Å². The Balaban J connectivity index is 0.466. The molecular formula is C117H124N4O7+4. The number of nitrogens with zero attached hydrogens (tertiary/aromatic N) is 4. The smallest absolute Gasteiger partial charge is 0.173 e. The summed E-state index contributed by atoms with van der Waals surface area (Å²) in [6.07, 6.45) is 17.0. The fraction of sp³-hybridized carbons (Fsp3) is 0.265. The average Bonchev–Trinajstić information content (AvgIpc) is 0.733. The second kappa shape index (κ2) is 40.4. The molecule has 15 aromatic rings. The van der Waals surface area contributed by atoms with Crippen LogP contribution in [0.15, 0.2) is 371 Å². The molecule has 1 N–H and O–H groups in total.